The van der Waals surface area contributed by atoms with Crippen LogP contribution in [-0.4, -0.2) is 71.1 Å². The number of hydrogen-bond donors (Lipinski definition) is 1. The first-order valence-electron chi connectivity index (χ1n) is 14.8. The lowest BCUT2D eigenvalue weighted by Gasteiger charge is -2.40. The lowest BCUT2D eigenvalue weighted by atomic mass is 9.82. The van der Waals surface area contributed by atoms with Crippen LogP contribution in [0.15, 0.2) is 60.2 Å². The van der Waals surface area contributed by atoms with Crippen molar-refractivity contribution in [3.8, 4) is 0 Å². The molecule has 0 aliphatic carbocycles. The third kappa shape index (κ3) is 6.89. The molecule has 1 atom stereocenters. The highest BCUT2D eigenvalue weighted by atomic mass is 35.5. The number of piperidine rings is 2. The molecule has 5 rings (SSSR count). The number of amides is 2. The summed E-state index contributed by atoms with van der Waals surface area (Å²) in [5.41, 5.74) is -0.857. The van der Waals surface area contributed by atoms with Gasteiger partial charge in [-0.05, 0) is 62.1 Å². The number of carbonyl (C=O) groups excluding carboxylic acids is 2. The highest BCUT2D eigenvalue weighted by molar-refractivity contribution is 7.09. The van der Waals surface area contributed by atoms with Gasteiger partial charge < -0.3 is 19.8 Å². The van der Waals surface area contributed by atoms with E-state index >= 15 is 0 Å². The number of halogens is 4. The zero-order valence-electron chi connectivity index (χ0n) is 24.5. The predicted molar refractivity (Wildman–Crippen MR) is 165 cm³/mol. The van der Waals surface area contributed by atoms with Crippen molar-refractivity contribution in [3.05, 3.63) is 81.3 Å². The summed E-state index contributed by atoms with van der Waals surface area (Å²) in [6.45, 7) is 2.53. The number of alkyl halides is 3. The van der Waals surface area contributed by atoms with Crippen molar-refractivity contribution in [2.24, 2.45) is 11.8 Å². The molecule has 2 amide bonds. The molecule has 1 unspecified atom stereocenters. The molecule has 1 N–H and O–H groups in total. The summed E-state index contributed by atoms with van der Waals surface area (Å²) >= 11 is 8.05. The Morgan fingerprint density at radius 3 is 2.23 bits per heavy atom. The third-order valence-corrected chi connectivity index (χ3v) is 9.94. The van der Waals surface area contributed by atoms with Gasteiger partial charge in [0.2, 0.25) is 0 Å². The van der Waals surface area contributed by atoms with Gasteiger partial charge in [0.25, 0.3) is 17.4 Å². The molecule has 2 saturated heterocycles. The fourth-order valence-electron chi connectivity index (χ4n) is 6.29. The topological polar surface area (TPSA) is 77.0 Å². The predicted octanol–water partition coefficient (Wildman–Crippen LogP) is 6.36. The Morgan fingerprint density at radius 1 is 1.02 bits per heavy atom. The van der Waals surface area contributed by atoms with E-state index in [1.165, 1.54) is 23.5 Å². The molecule has 2 fully saturated rings. The number of thiazole rings is 1. The number of benzene rings is 2. The second-order valence-electron chi connectivity index (χ2n) is 11.8. The Balaban J connectivity index is 1.11. The average molecular weight is 649 g/mol. The third-order valence-electron chi connectivity index (χ3n) is 8.87. The van der Waals surface area contributed by atoms with Gasteiger partial charge in [0.1, 0.15) is 0 Å². The van der Waals surface area contributed by atoms with E-state index in [2.05, 4.69) is 9.88 Å². The maximum absolute atomic E-state index is 14.0. The smallest absolute Gasteiger partial charge is 0.371 e. The molecule has 1 aromatic heterocycles. The Morgan fingerprint density at radius 2 is 1.66 bits per heavy atom. The molecule has 2 aliphatic rings. The highest BCUT2D eigenvalue weighted by Crippen LogP contribution is 2.41. The standard InChI is InChI=1S/C32H36ClF3N4O3S/c1-38(20-26-19-37-21-44-26)29(41)27-8-7-25(18-28(27)33)39-13-9-22(10-14-39)17-23-11-15-40(16-12-23)30(42)31(43,32(34,35)36)24-5-3-2-4-6-24/h2-8,18-19,21-23,43H,9-17,20H2,1H3. The zero-order valence-corrected chi connectivity index (χ0v) is 26.0. The summed E-state index contributed by atoms with van der Waals surface area (Å²) in [4.78, 5) is 36.1. The molecular formula is C32H36ClF3N4O3S. The maximum atomic E-state index is 14.0. The van der Waals surface area contributed by atoms with Crippen molar-refractivity contribution in [1.29, 1.82) is 0 Å². The molecule has 7 nitrogen and oxygen atoms in total. The minimum absolute atomic E-state index is 0.149. The fourth-order valence-corrected chi connectivity index (χ4v) is 7.19. The lowest BCUT2D eigenvalue weighted by molar-refractivity contribution is -0.262. The minimum Gasteiger partial charge on any atom is -0.371 e. The first-order valence-corrected chi connectivity index (χ1v) is 16.0. The van der Waals surface area contributed by atoms with Crippen molar-refractivity contribution in [1.82, 2.24) is 14.8 Å². The molecule has 2 aliphatic heterocycles. The molecule has 3 heterocycles. The van der Waals surface area contributed by atoms with Crippen LogP contribution in [0.3, 0.4) is 0 Å². The van der Waals surface area contributed by atoms with Crippen LogP contribution in [0.2, 0.25) is 5.02 Å². The number of aromatic nitrogens is 1. The van der Waals surface area contributed by atoms with Crippen molar-refractivity contribution >= 4 is 40.4 Å². The number of nitrogens with zero attached hydrogens (tertiary/aromatic N) is 4. The van der Waals surface area contributed by atoms with Gasteiger partial charge >= 0.3 is 6.18 Å². The van der Waals surface area contributed by atoms with E-state index < -0.39 is 23.2 Å². The van der Waals surface area contributed by atoms with Gasteiger partial charge in [0.05, 0.1) is 22.6 Å². The van der Waals surface area contributed by atoms with E-state index in [1.54, 1.807) is 35.8 Å². The van der Waals surface area contributed by atoms with Crippen LogP contribution < -0.4 is 4.90 Å². The Bertz CT molecular complexity index is 1430. The molecule has 12 heteroatoms. The van der Waals surface area contributed by atoms with Crippen molar-refractivity contribution in [2.45, 2.75) is 50.4 Å². The van der Waals surface area contributed by atoms with Gasteiger partial charge in [-0.3, -0.25) is 14.6 Å². The number of carbonyl (C=O) groups is 2. The second kappa shape index (κ2) is 13.5. The Kier molecular flexibility index (Phi) is 9.86. The maximum Gasteiger partial charge on any atom is 0.430 e. The molecule has 0 bridgehead atoms. The van der Waals surface area contributed by atoms with Crippen molar-refractivity contribution < 1.29 is 27.9 Å². The second-order valence-corrected chi connectivity index (χ2v) is 13.1. The summed E-state index contributed by atoms with van der Waals surface area (Å²) in [6, 6.07) is 12.1. The molecule has 0 saturated carbocycles. The van der Waals surface area contributed by atoms with Crippen LogP contribution in [-0.2, 0) is 16.9 Å². The van der Waals surface area contributed by atoms with Crippen LogP contribution in [0.4, 0.5) is 18.9 Å². The van der Waals surface area contributed by atoms with E-state index in [0.29, 0.717) is 41.8 Å². The van der Waals surface area contributed by atoms with Crippen LogP contribution in [0.25, 0.3) is 0 Å². The van der Waals surface area contributed by atoms with Gasteiger partial charge in [0, 0.05) is 55.6 Å². The van der Waals surface area contributed by atoms with E-state index in [4.69, 9.17) is 11.6 Å². The fraction of sp³-hybridized carbons (Fsp3) is 0.469. The van der Waals surface area contributed by atoms with Crippen LogP contribution in [0.1, 0.15) is 52.9 Å². The Hall–Kier alpha value is -3.15. The van der Waals surface area contributed by atoms with E-state index in [9.17, 15) is 27.9 Å². The quantitative estimate of drug-likeness (QED) is 0.308. The van der Waals surface area contributed by atoms with Gasteiger partial charge in [-0.1, -0.05) is 41.9 Å². The molecular weight excluding hydrogens is 613 g/mol. The summed E-state index contributed by atoms with van der Waals surface area (Å²) in [5.74, 6) is -0.662. The number of hydrogen-bond acceptors (Lipinski definition) is 6. The zero-order chi connectivity index (χ0) is 31.5. The number of anilines is 1. The highest BCUT2D eigenvalue weighted by Gasteiger charge is 2.62. The number of aliphatic hydroxyl groups is 1. The van der Waals surface area contributed by atoms with Crippen LogP contribution in [0, 0.1) is 11.8 Å². The first kappa shape index (κ1) is 32.2. The molecule has 0 spiro atoms. The van der Waals surface area contributed by atoms with Crippen LogP contribution in [0.5, 0.6) is 0 Å². The molecule has 236 valence electrons. The number of likely N-dealkylation sites (tertiary alicyclic amines) is 1. The number of rotatable bonds is 8. The monoisotopic (exact) mass is 648 g/mol. The van der Waals surface area contributed by atoms with Crippen LogP contribution >= 0.6 is 22.9 Å². The SMILES string of the molecule is CN(Cc1cncs1)C(=O)c1ccc(N2CCC(CC3CCN(C(=O)C(O)(c4ccccc4)C(F)(F)F)CC3)CC2)cc1Cl. The van der Waals surface area contributed by atoms with Crippen molar-refractivity contribution in [3.63, 3.8) is 0 Å². The van der Waals surface area contributed by atoms with Gasteiger partial charge in [0.15, 0.2) is 0 Å². The average Bonchev–Trinajstić information content (AvgIpc) is 3.53. The van der Waals surface area contributed by atoms with E-state index in [1.807, 2.05) is 12.1 Å². The minimum atomic E-state index is -5.13. The molecule has 2 aromatic carbocycles. The molecule has 3 aromatic rings. The van der Waals surface area contributed by atoms with Gasteiger partial charge in [-0.2, -0.15) is 13.2 Å². The van der Waals surface area contributed by atoms with Gasteiger partial charge in [-0.15, -0.1) is 11.3 Å². The lowest BCUT2D eigenvalue weighted by Crippen LogP contribution is -2.57. The Labute approximate surface area is 264 Å². The summed E-state index contributed by atoms with van der Waals surface area (Å²) < 4.78 is 41.9. The molecule has 44 heavy (non-hydrogen) atoms. The largest absolute Gasteiger partial charge is 0.430 e. The summed E-state index contributed by atoms with van der Waals surface area (Å²) in [7, 11) is 1.74. The molecule has 0 radical (unpaired) electrons. The summed E-state index contributed by atoms with van der Waals surface area (Å²) in [6.07, 6.45) is 0.729. The normalized spacial score (nSPS) is 18.2. The van der Waals surface area contributed by atoms with Crippen molar-refractivity contribution in [2.75, 3.05) is 38.1 Å². The van der Waals surface area contributed by atoms with Gasteiger partial charge in [-0.25, -0.2) is 0 Å². The summed E-state index contributed by atoms with van der Waals surface area (Å²) in [5, 5.41) is 11.1. The first-order chi connectivity index (χ1) is 21.0. The van der Waals surface area contributed by atoms with E-state index in [0.717, 1.165) is 59.9 Å². The van der Waals surface area contributed by atoms with E-state index in [-0.39, 0.29) is 19.0 Å².